The monoisotopic (exact) mass is 323 g/mol. The Morgan fingerprint density at radius 1 is 1.36 bits per heavy atom. The summed E-state index contributed by atoms with van der Waals surface area (Å²) in [4.78, 5) is 15.2. The van der Waals surface area contributed by atoms with Crippen LogP contribution in [0.1, 0.15) is 23.8 Å². The number of benzene rings is 1. The molecule has 1 aromatic heterocycles. The Kier molecular flexibility index (Phi) is 4.38. The van der Waals surface area contributed by atoms with Crippen LogP contribution >= 0.6 is 11.3 Å². The van der Waals surface area contributed by atoms with E-state index >= 15 is 0 Å². The van der Waals surface area contributed by atoms with Gasteiger partial charge in [-0.05, 0) is 36.4 Å². The van der Waals surface area contributed by atoms with Crippen LogP contribution in [-0.4, -0.2) is 24.0 Å². The lowest BCUT2D eigenvalue weighted by molar-refractivity contribution is -0.134. The van der Waals surface area contributed by atoms with E-state index < -0.39 is 11.6 Å². The van der Waals surface area contributed by atoms with Gasteiger partial charge in [0.15, 0.2) is 18.2 Å². The lowest BCUT2D eigenvalue weighted by Crippen LogP contribution is -2.34. The summed E-state index contributed by atoms with van der Waals surface area (Å²) in [6, 6.07) is 7.09. The second kappa shape index (κ2) is 6.44. The third kappa shape index (κ3) is 3.11. The molecule has 1 aromatic carbocycles. The molecule has 0 radical (unpaired) electrons. The standard InChI is InChI=1S/C16H15F2NO2S/c17-11-5-6-14(12(18)9-11)21-10-16(20)19-7-1-3-13(19)15-4-2-8-22-15/h2,4-6,8-9,13H,1,3,7,10H2. The molecule has 6 heteroatoms. The van der Waals surface area contributed by atoms with Crippen molar-refractivity contribution >= 4 is 17.2 Å². The number of halogens is 2. The van der Waals surface area contributed by atoms with Crippen molar-refractivity contribution < 1.29 is 18.3 Å². The zero-order chi connectivity index (χ0) is 15.5. The second-order valence-electron chi connectivity index (χ2n) is 5.12. The molecule has 1 atom stereocenters. The van der Waals surface area contributed by atoms with Gasteiger partial charge >= 0.3 is 0 Å². The van der Waals surface area contributed by atoms with Crippen molar-refractivity contribution in [1.29, 1.82) is 0 Å². The smallest absolute Gasteiger partial charge is 0.261 e. The van der Waals surface area contributed by atoms with Gasteiger partial charge in [0, 0.05) is 17.5 Å². The van der Waals surface area contributed by atoms with Crippen LogP contribution in [0.25, 0.3) is 0 Å². The topological polar surface area (TPSA) is 29.5 Å². The Bertz CT molecular complexity index is 660. The van der Waals surface area contributed by atoms with Crippen molar-refractivity contribution in [2.24, 2.45) is 0 Å². The van der Waals surface area contributed by atoms with E-state index in [4.69, 9.17) is 4.74 Å². The van der Waals surface area contributed by atoms with Gasteiger partial charge < -0.3 is 9.64 Å². The quantitative estimate of drug-likeness (QED) is 0.857. The van der Waals surface area contributed by atoms with Crippen LogP contribution in [0.4, 0.5) is 8.78 Å². The molecule has 1 unspecified atom stereocenters. The van der Waals surface area contributed by atoms with Gasteiger partial charge in [-0.15, -0.1) is 11.3 Å². The number of hydrogen-bond donors (Lipinski definition) is 0. The molecular formula is C16H15F2NO2S. The summed E-state index contributed by atoms with van der Waals surface area (Å²) in [6.07, 6.45) is 1.87. The molecule has 2 aromatic rings. The molecule has 116 valence electrons. The number of amides is 1. The highest BCUT2D eigenvalue weighted by Gasteiger charge is 2.30. The van der Waals surface area contributed by atoms with E-state index in [1.54, 1.807) is 16.2 Å². The third-order valence-corrected chi connectivity index (χ3v) is 4.66. The summed E-state index contributed by atoms with van der Waals surface area (Å²) >= 11 is 1.62. The molecule has 2 heterocycles. The lowest BCUT2D eigenvalue weighted by Gasteiger charge is -2.24. The van der Waals surface area contributed by atoms with Gasteiger partial charge in [0.25, 0.3) is 5.91 Å². The molecule has 0 saturated carbocycles. The highest BCUT2D eigenvalue weighted by atomic mass is 32.1. The third-order valence-electron chi connectivity index (χ3n) is 3.69. The molecule has 1 aliphatic heterocycles. The van der Waals surface area contributed by atoms with Gasteiger partial charge in [0.05, 0.1) is 6.04 Å². The Labute approximate surface area is 131 Å². The van der Waals surface area contributed by atoms with Crippen LogP contribution in [0.3, 0.4) is 0 Å². The molecule has 0 aliphatic carbocycles. The van der Waals surface area contributed by atoms with Crippen molar-refractivity contribution in [3.63, 3.8) is 0 Å². The van der Waals surface area contributed by atoms with E-state index in [-0.39, 0.29) is 24.3 Å². The molecule has 22 heavy (non-hydrogen) atoms. The maximum Gasteiger partial charge on any atom is 0.261 e. The predicted octanol–water partition coefficient (Wildman–Crippen LogP) is 3.77. The maximum absolute atomic E-state index is 13.5. The van der Waals surface area contributed by atoms with Gasteiger partial charge in [-0.1, -0.05) is 6.07 Å². The molecule has 3 rings (SSSR count). The Morgan fingerprint density at radius 3 is 2.95 bits per heavy atom. The average molecular weight is 323 g/mol. The van der Waals surface area contributed by atoms with Crippen molar-refractivity contribution in [1.82, 2.24) is 4.90 Å². The Morgan fingerprint density at radius 2 is 2.23 bits per heavy atom. The van der Waals surface area contributed by atoms with Crippen LogP contribution in [0, 0.1) is 11.6 Å². The fourth-order valence-corrected chi connectivity index (χ4v) is 3.53. The summed E-state index contributed by atoms with van der Waals surface area (Å²) in [7, 11) is 0. The fourth-order valence-electron chi connectivity index (χ4n) is 2.66. The molecule has 1 aliphatic rings. The molecule has 1 saturated heterocycles. The summed E-state index contributed by atoms with van der Waals surface area (Å²) in [6.45, 7) is 0.432. The number of hydrogen-bond acceptors (Lipinski definition) is 3. The van der Waals surface area contributed by atoms with E-state index in [9.17, 15) is 13.6 Å². The van der Waals surface area contributed by atoms with Gasteiger partial charge in [-0.25, -0.2) is 8.78 Å². The minimum absolute atomic E-state index is 0.0779. The van der Waals surface area contributed by atoms with Crippen molar-refractivity contribution in [3.05, 3.63) is 52.2 Å². The van der Waals surface area contributed by atoms with Crippen molar-refractivity contribution in [2.75, 3.05) is 13.2 Å². The van der Waals surface area contributed by atoms with E-state index in [0.29, 0.717) is 6.54 Å². The van der Waals surface area contributed by atoms with E-state index in [2.05, 4.69) is 0 Å². The molecule has 0 N–H and O–H groups in total. The summed E-state index contributed by atoms with van der Waals surface area (Å²) in [5, 5.41) is 1.99. The lowest BCUT2D eigenvalue weighted by atomic mass is 10.2. The first-order valence-electron chi connectivity index (χ1n) is 7.06. The molecule has 1 amide bonds. The Balaban J connectivity index is 1.64. The first-order valence-corrected chi connectivity index (χ1v) is 7.94. The molecule has 0 bridgehead atoms. The fraction of sp³-hybridized carbons (Fsp3) is 0.312. The number of nitrogens with zero attached hydrogens (tertiary/aromatic N) is 1. The molecular weight excluding hydrogens is 308 g/mol. The zero-order valence-corrected chi connectivity index (χ0v) is 12.6. The predicted molar refractivity (Wildman–Crippen MR) is 79.9 cm³/mol. The highest BCUT2D eigenvalue weighted by molar-refractivity contribution is 7.10. The Hall–Kier alpha value is -1.95. The number of carbonyl (C=O) groups excluding carboxylic acids is 1. The van der Waals surface area contributed by atoms with Gasteiger partial charge in [0.1, 0.15) is 5.82 Å². The van der Waals surface area contributed by atoms with Gasteiger partial charge in [0.2, 0.25) is 0 Å². The van der Waals surface area contributed by atoms with Crippen LogP contribution in [0.15, 0.2) is 35.7 Å². The average Bonchev–Trinajstić information content (AvgIpc) is 3.16. The van der Waals surface area contributed by atoms with E-state index in [1.807, 2.05) is 17.5 Å². The van der Waals surface area contributed by atoms with Crippen molar-refractivity contribution in [2.45, 2.75) is 18.9 Å². The summed E-state index contributed by atoms with van der Waals surface area (Å²) < 4.78 is 31.5. The van der Waals surface area contributed by atoms with Crippen LogP contribution in [0.2, 0.25) is 0 Å². The minimum atomic E-state index is -0.802. The molecule has 0 spiro atoms. The first kappa shape index (κ1) is 15.0. The molecule has 1 fully saturated rings. The van der Waals surface area contributed by atoms with Gasteiger partial charge in [-0.3, -0.25) is 4.79 Å². The number of ether oxygens (including phenoxy) is 1. The number of thiophene rings is 1. The highest BCUT2D eigenvalue weighted by Crippen LogP contribution is 2.34. The van der Waals surface area contributed by atoms with E-state index in [0.717, 1.165) is 29.9 Å². The number of carbonyl (C=O) groups is 1. The molecule has 3 nitrogen and oxygen atoms in total. The minimum Gasteiger partial charge on any atom is -0.481 e. The second-order valence-corrected chi connectivity index (χ2v) is 6.10. The van der Waals surface area contributed by atoms with Gasteiger partial charge in [-0.2, -0.15) is 0 Å². The van der Waals surface area contributed by atoms with Crippen molar-refractivity contribution in [3.8, 4) is 5.75 Å². The number of likely N-dealkylation sites (tertiary alicyclic amines) is 1. The SMILES string of the molecule is O=C(COc1ccc(F)cc1F)N1CCCC1c1cccs1. The van der Waals surface area contributed by atoms with Crippen LogP contribution < -0.4 is 4.74 Å². The number of rotatable bonds is 4. The maximum atomic E-state index is 13.5. The summed E-state index contributed by atoms with van der Waals surface area (Å²) in [5.74, 6) is -1.77. The first-order chi connectivity index (χ1) is 10.6. The van der Waals surface area contributed by atoms with E-state index in [1.165, 1.54) is 6.07 Å². The summed E-state index contributed by atoms with van der Waals surface area (Å²) in [5.41, 5.74) is 0. The van der Waals surface area contributed by atoms with Crippen LogP contribution in [-0.2, 0) is 4.79 Å². The normalized spacial score (nSPS) is 17.7. The van der Waals surface area contributed by atoms with Crippen LogP contribution in [0.5, 0.6) is 5.75 Å². The largest absolute Gasteiger partial charge is 0.481 e. The zero-order valence-electron chi connectivity index (χ0n) is 11.8.